The number of carbonyl (C=O) groups excluding carboxylic acids is 1. The summed E-state index contributed by atoms with van der Waals surface area (Å²) in [6.07, 6.45) is -4.38. The van der Waals surface area contributed by atoms with Crippen LogP contribution in [0.25, 0.3) is 0 Å². The zero-order valence-electron chi connectivity index (χ0n) is 12.3. The van der Waals surface area contributed by atoms with Crippen molar-refractivity contribution in [3.8, 4) is 0 Å². The maximum atomic E-state index is 13.1. The van der Waals surface area contributed by atoms with Gasteiger partial charge in [-0.25, -0.2) is 4.39 Å². The quantitative estimate of drug-likeness (QED) is 0.836. The molecule has 1 atom stereocenters. The van der Waals surface area contributed by atoms with Gasteiger partial charge < -0.3 is 5.32 Å². The van der Waals surface area contributed by atoms with Crippen LogP contribution in [0.1, 0.15) is 29.7 Å². The molecule has 0 heterocycles. The Labute approximate surface area is 131 Å². The summed E-state index contributed by atoms with van der Waals surface area (Å²) >= 11 is 0. The van der Waals surface area contributed by atoms with Crippen LogP contribution in [0.5, 0.6) is 0 Å². The van der Waals surface area contributed by atoms with E-state index >= 15 is 0 Å². The van der Waals surface area contributed by atoms with Crippen LogP contribution in [0.3, 0.4) is 0 Å². The summed E-state index contributed by atoms with van der Waals surface area (Å²) in [6, 6.07) is 9.86. The van der Waals surface area contributed by atoms with Gasteiger partial charge in [-0.05, 0) is 42.3 Å². The maximum Gasteiger partial charge on any atom is 0.416 e. The number of carbonyl (C=O) groups is 1. The number of rotatable bonds is 4. The van der Waals surface area contributed by atoms with E-state index in [1.165, 1.54) is 30.3 Å². The Kier molecular flexibility index (Phi) is 5.03. The van der Waals surface area contributed by atoms with E-state index in [0.717, 1.165) is 12.1 Å². The van der Waals surface area contributed by atoms with Gasteiger partial charge in [-0.2, -0.15) is 13.2 Å². The van der Waals surface area contributed by atoms with Gasteiger partial charge in [0.15, 0.2) is 0 Å². The molecule has 0 spiro atoms. The highest BCUT2D eigenvalue weighted by Gasteiger charge is 2.30. The van der Waals surface area contributed by atoms with Crippen LogP contribution >= 0.6 is 0 Å². The first kappa shape index (κ1) is 17.0. The monoisotopic (exact) mass is 325 g/mol. The molecule has 0 aliphatic rings. The molecular formula is C17H15F4NO. The normalized spacial score (nSPS) is 12.7. The lowest BCUT2D eigenvalue weighted by Gasteiger charge is -2.15. The van der Waals surface area contributed by atoms with E-state index in [1.54, 1.807) is 13.0 Å². The fraction of sp³-hybridized carbons (Fsp3) is 0.235. The second-order valence-electron chi connectivity index (χ2n) is 5.22. The minimum atomic E-state index is -4.39. The van der Waals surface area contributed by atoms with Crippen LogP contribution in [0.2, 0.25) is 0 Å². The van der Waals surface area contributed by atoms with Crippen molar-refractivity contribution in [2.24, 2.45) is 0 Å². The van der Waals surface area contributed by atoms with Crippen molar-refractivity contribution < 1.29 is 22.4 Å². The van der Waals surface area contributed by atoms with Crippen LogP contribution in [0.15, 0.2) is 48.5 Å². The summed E-state index contributed by atoms with van der Waals surface area (Å²) in [5.74, 6) is -0.755. The zero-order chi connectivity index (χ0) is 17.0. The van der Waals surface area contributed by atoms with Crippen LogP contribution in [0, 0.1) is 5.82 Å². The summed E-state index contributed by atoms with van der Waals surface area (Å²) in [4.78, 5) is 11.9. The molecular weight excluding hydrogens is 310 g/mol. The molecule has 23 heavy (non-hydrogen) atoms. The molecule has 0 aromatic heterocycles. The number of alkyl halides is 3. The molecule has 0 saturated carbocycles. The standard InChI is InChI=1S/C17H15F4NO/c1-11(13-5-7-14(8-6-13)17(19,20)21)22-16(23)10-12-3-2-4-15(18)9-12/h2-9,11H,10H2,1H3,(H,22,23)/t11-/m1/s1. The third-order valence-electron chi connectivity index (χ3n) is 3.37. The lowest BCUT2D eigenvalue weighted by Crippen LogP contribution is -2.28. The Hall–Kier alpha value is -2.37. The highest BCUT2D eigenvalue weighted by atomic mass is 19.4. The van der Waals surface area contributed by atoms with Crippen LogP contribution < -0.4 is 5.32 Å². The number of benzene rings is 2. The van der Waals surface area contributed by atoms with Crippen LogP contribution in [0.4, 0.5) is 17.6 Å². The van der Waals surface area contributed by atoms with Crippen molar-refractivity contribution in [2.75, 3.05) is 0 Å². The van der Waals surface area contributed by atoms with Crippen molar-refractivity contribution in [3.63, 3.8) is 0 Å². The predicted molar refractivity (Wildman–Crippen MR) is 78.1 cm³/mol. The first-order valence-electron chi connectivity index (χ1n) is 6.96. The molecule has 2 aromatic carbocycles. The van der Waals surface area contributed by atoms with Gasteiger partial charge in [-0.3, -0.25) is 4.79 Å². The number of hydrogen-bond donors (Lipinski definition) is 1. The molecule has 0 unspecified atom stereocenters. The zero-order valence-corrected chi connectivity index (χ0v) is 12.3. The van der Waals surface area contributed by atoms with Crippen LogP contribution in [-0.2, 0) is 17.4 Å². The smallest absolute Gasteiger partial charge is 0.349 e. The molecule has 1 amide bonds. The fourth-order valence-electron chi connectivity index (χ4n) is 2.17. The van der Waals surface area contributed by atoms with Gasteiger partial charge in [-0.15, -0.1) is 0 Å². The van der Waals surface area contributed by atoms with E-state index in [-0.39, 0.29) is 12.3 Å². The molecule has 0 aliphatic heterocycles. The van der Waals surface area contributed by atoms with Gasteiger partial charge in [0.1, 0.15) is 5.82 Å². The van der Waals surface area contributed by atoms with Crippen molar-refractivity contribution in [1.29, 1.82) is 0 Å². The Morgan fingerprint density at radius 2 is 1.78 bits per heavy atom. The fourth-order valence-corrected chi connectivity index (χ4v) is 2.17. The van der Waals surface area contributed by atoms with Gasteiger partial charge in [0.05, 0.1) is 18.0 Å². The molecule has 2 rings (SSSR count). The first-order chi connectivity index (χ1) is 10.8. The average Bonchev–Trinajstić information content (AvgIpc) is 2.46. The number of hydrogen-bond acceptors (Lipinski definition) is 1. The lowest BCUT2D eigenvalue weighted by molar-refractivity contribution is -0.137. The predicted octanol–water partition coefficient (Wildman–Crippen LogP) is 4.26. The second kappa shape index (κ2) is 6.81. The van der Waals surface area contributed by atoms with Crippen molar-refractivity contribution in [3.05, 3.63) is 71.0 Å². The molecule has 122 valence electrons. The number of amides is 1. The van der Waals surface area contributed by atoms with Gasteiger partial charge in [0.25, 0.3) is 0 Å². The minimum absolute atomic E-state index is 0.00271. The van der Waals surface area contributed by atoms with Crippen LogP contribution in [-0.4, -0.2) is 5.91 Å². The van der Waals surface area contributed by atoms with Crippen molar-refractivity contribution >= 4 is 5.91 Å². The summed E-state index contributed by atoms with van der Waals surface area (Å²) in [5, 5.41) is 2.68. The molecule has 6 heteroatoms. The molecule has 0 aliphatic carbocycles. The Bertz CT molecular complexity index is 680. The highest BCUT2D eigenvalue weighted by Crippen LogP contribution is 2.29. The Morgan fingerprint density at radius 1 is 1.13 bits per heavy atom. The molecule has 2 nitrogen and oxygen atoms in total. The van der Waals surface area contributed by atoms with Gasteiger partial charge in [0.2, 0.25) is 5.91 Å². The van der Waals surface area contributed by atoms with E-state index in [9.17, 15) is 22.4 Å². The van der Waals surface area contributed by atoms with Gasteiger partial charge >= 0.3 is 6.18 Å². The van der Waals surface area contributed by atoms with E-state index in [2.05, 4.69) is 5.32 Å². The van der Waals surface area contributed by atoms with Crippen molar-refractivity contribution in [1.82, 2.24) is 5.32 Å². The van der Waals surface area contributed by atoms with E-state index < -0.39 is 23.6 Å². The third-order valence-corrected chi connectivity index (χ3v) is 3.37. The molecule has 0 bridgehead atoms. The lowest BCUT2D eigenvalue weighted by atomic mass is 10.1. The Morgan fingerprint density at radius 3 is 2.35 bits per heavy atom. The van der Waals surface area contributed by atoms with Crippen molar-refractivity contribution in [2.45, 2.75) is 25.6 Å². The average molecular weight is 325 g/mol. The molecule has 0 radical (unpaired) electrons. The SMILES string of the molecule is C[C@@H](NC(=O)Cc1cccc(F)c1)c1ccc(C(F)(F)F)cc1. The number of nitrogens with one attached hydrogen (secondary N) is 1. The summed E-state index contributed by atoms with van der Waals surface area (Å²) in [7, 11) is 0. The number of halogens is 4. The van der Waals surface area contributed by atoms with Gasteiger partial charge in [0, 0.05) is 0 Å². The van der Waals surface area contributed by atoms with E-state index in [4.69, 9.17) is 0 Å². The summed E-state index contributed by atoms with van der Waals surface area (Å²) in [5.41, 5.74) is 0.354. The molecule has 1 N–H and O–H groups in total. The van der Waals surface area contributed by atoms with E-state index in [0.29, 0.717) is 11.1 Å². The second-order valence-corrected chi connectivity index (χ2v) is 5.22. The molecule has 0 saturated heterocycles. The Balaban J connectivity index is 1.98. The molecule has 2 aromatic rings. The summed E-state index contributed by atoms with van der Waals surface area (Å²) in [6.45, 7) is 1.67. The maximum absolute atomic E-state index is 13.1. The molecule has 0 fully saturated rings. The van der Waals surface area contributed by atoms with E-state index in [1.807, 2.05) is 0 Å². The topological polar surface area (TPSA) is 29.1 Å². The summed E-state index contributed by atoms with van der Waals surface area (Å²) < 4.78 is 50.6. The minimum Gasteiger partial charge on any atom is -0.349 e. The highest BCUT2D eigenvalue weighted by molar-refractivity contribution is 5.79. The van der Waals surface area contributed by atoms with Gasteiger partial charge in [-0.1, -0.05) is 24.3 Å². The largest absolute Gasteiger partial charge is 0.416 e. The third kappa shape index (κ3) is 4.81. The first-order valence-corrected chi connectivity index (χ1v) is 6.96.